The number of halogens is 2. The molecule has 0 saturated carbocycles. The predicted octanol–water partition coefficient (Wildman–Crippen LogP) is 3.12. The first kappa shape index (κ1) is 15.3. The number of rotatable bonds is 3. The number of aromatic nitrogens is 3. The van der Waals surface area contributed by atoms with Crippen LogP contribution in [-0.4, -0.2) is 20.7 Å². The van der Waals surface area contributed by atoms with E-state index in [0.29, 0.717) is 21.4 Å². The number of carbonyl (C=O) groups excluding carboxylic acids is 1. The standard InChI is InChI=1S/C15H10Cl2N4O2/c16-9-6-10(17)8-11(7-9)18-14(22)13-19-15(23)21(20-13)12-4-2-1-3-5-12/h1-8H,(H,18,22)(H,19,20,23). The average Bonchev–Trinajstić information content (AvgIpc) is 2.89. The van der Waals surface area contributed by atoms with Gasteiger partial charge in [0.2, 0.25) is 5.82 Å². The van der Waals surface area contributed by atoms with Crippen LogP contribution in [0.1, 0.15) is 10.6 Å². The third kappa shape index (κ3) is 3.44. The molecule has 23 heavy (non-hydrogen) atoms. The molecule has 1 heterocycles. The molecule has 2 aromatic carbocycles. The lowest BCUT2D eigenvalue weighted by Crippen LogP contribution is -2.15. The maximum Gasteiger partial charge on any atom is 0.348 e. The zero-order valence-corrected chi connectivity index (χ0v) is 13.1. The van der Waals surface area contributed by atoms with E-state index in [4.69, 9.17) is 23.2 Å². The van der Waals surface area contributed by atoms with Crippen molar-refractivity contribution in [1.29, 1.82) is 0 Å². The Morgan fingerprint density at radius 1 is 1.09 bits per heavy atom. The zero-order chi connectivity index (χ0) is 16.4. The highest BCUT2D eigenvalue weighted by atomic mass is 35.5. The largest absolute Gasteiger partial charge is 0.348 e. The van der Waals surface area contributed by atoms with Gasteiger partial charge in [-0.05, 0) is 30.3 Å². The van der Waals surface area contributed by atoms with Crippen LogP contribution in [0.3, 0.4) is 0 Å². The van der Waals surface area contributed by atoms with E-state index in [9.17, 15) is 9.59 Å². The third-order valence-corrected chi connectivity index (χ3v) is 3.39. The van der Waals surface area contributed by atoms with Crippen LogP contribution in [-0.2, 0) is 0 Å². The molecular weight excluding hydrogens is 339 g/mol. The molecule has 0 fully saturated rings. The van der Waals surface area contributed by atoms with Crippen LogP contribution >= 0.6 is 23.2 Å². The lowest BCUT2D eigenvalue weighted by Gasteiger charge is -2.04. The van der Waals surface area contributed by atoms with Crippen LogP contribution in [0.25, 0.3) is 5.69 Å². The van der Waals surface area contributed by atoms with E-state index < -0.39 is 11.6 Å². The van der Waals surface area contributed by atoms with Crippen LogP contribution in [0.5, 0.6) is 0 Å². The third-order valence-electron chi connectivity index (χ3n) is 2.95. The number of amides is 1. The SMILES string of the molecule is O=C(Nc1cc(Cl)cc(Cl)c1)c1nn(-c2ccccc2)c(=O)[nH]1. The van der Waals surface area contributed by atoms with Gasteiger partial charge in [0.05, 0.1) is 5.69 Å². The van der Waals surface area contributed by atoms with Crippen molar-refractivity contribution >= 4 is 34.8 Å². The molecule has 0 saturated heterocycles. The summed E-state index contributed by atoms with van der Waals surface area (Å²) < 4.78 is 1.11. The Morgan fingerprint density at radius 3 is 2.39 bits per heavy atom. The molecule has 6 nitrogen and oxygen atoms in total. The summed E-state index contributed by atoms with van der Waals surface area (Å²) in [6.45, 7) is 0. The summed E-state index contributed by atoms with van der Waals surface area (Å²) in [5.74, 6) is -0.690. The van der Waals surface area contributed by atoms with Gasteiger partial charge in [0, 0.05) is 15.7 Å². The van der Waals surface area contributed by atoms with Gasteiger partial charge in [-0.2, -0.15) is 4.68 Å². The molecule has 0 atom stereocenters. The first-order valence-electron chi connectivity index (χ1n) is 6.55. The van der Waals surface area contributed by atoms with E-state index in [0.717, 1.165) is 4.68 Å². The number of carbonyl (C=O) groups is 1. The first-order valence-corrected chi connectivity index (χ1v) is 7.31. The number of para-hydroxylation sites is 1. The quantitative estimate of drug-likeness (QED) is 0.762. The molecule has 1 amide bonds. The Hall–Kier alpha value is -2.57. The van der Waals surface area contributed by atoms with Crippen LogP contribution in [0.2, 0.25) is 10.0 Å². The number of nitrogens with zero attached hydrogens (tertiary/aromatic N) is 2. The maximum absolute atomic E-state index is 12.2. The molecule has 0 radical (unpaired) electrons. The summed E-state index contributed by atoms with van der Waals surface area (Å²) in [4.78, 5) is 26.5. The molecule has 0 aliphatic heterocycles. The minimum Gasteiger partial charge on any atom is -0.319 e. The molecular formula is C15H10Cl2N4O2. The Morgan fingerprint density at radius 2 is 1.74 bits per heavy atom. The van der Waals surface area contributed by atoms with Crippen LogP contribution < -0.4 is 11.0 Å². The van der Waals surface area contributed by atoms with Crippen molar-refractivity contribution in [2.45, 2.75) is 0 Å². The zero-order valence-electron chi connectivity index (χ0n) is 11.6. The Bertz CT molecular complexity index is 898. The Kier molecular flexibility index (Phi) is 4.18. The number of anilines is 1. The monoisotopic (exact) mass is 348 g/mol. The molecule has 0 spiro atoms. The van der Waals surface area contributed by atoms with Crippen molar-refractivity contribution in [3.63, 3.8) is 0 Å². The minimum absolute atomic E-state index is 0.116. The number of hydrogen-bond donors (Lipinski definition) is 2. The van der Waals surface area contributed by atoms with Crippen LogP contribution in [0.4, 0.5) is 5.69 Å². The fraction of sp³-hybridized carbons (Fsp3) is 0. The summed E-state index contributed by atoms with van der Waals surface area (Å²) >= 11 is 11.8. The normalized spacial score (nSPS) is 10.5. The molecule has 116 valence electrons. The number of H-pyrrole nitrogens is 1. The van der Waals surface area contributed by atoms with Crippen LogP contribution in [0.15, 0.2) is 53.3 Å². The molecule has 0 aliphatic rings. The van der Waals surface area contributed by atoms with Gasteiger partial charge in [-0.3, -0.25) is 9.78 Å². The highest BCUT2D eigenvalue weighted by Gasteiger charge is 2.14. The summed E-state index contributed by atoms with van der Waals surface area (Å²) in [6.07, 6.45) is 0. The van der Waals surface area contributed by atoms with E-state index in [1.54, 1.807) is 30.3 Å². The summed E-state index contributed by atoms with van der Waals surface area (Å²) in [6, 6.07) is 13.4. The lowest BCUT2D eigenvalue weighted by atomic mass is 10.3. The molecule has 0 aliphatic carbocycles. The summed E-state index contributed by atoms with van der Waals surface area (Å²) in [7, 11) is 0. The van der Waals surface area contributed by atoms with Crippen molar-refractivity contribution in [3.8, 4) is 5.69 Å². The fourth-order valence-corrected chi connectivity index (χ4v) is 2.51. The second kappa shape index (κ2) is 6.28. The Balaban J connectivity index is 1.88. The van der Waals surface area contributed by atoms with E-state index in [1.165, 1.54) is 12.1 Å². The smallest absolute Gasteiger partial charge is 0.319 e. The summed E-state index contributed by atoms with van der Waals surface area (Å²) in [5, 5.41) is 7.34. The predicted molar refractivity (Wildman–Crippen MR) is 88.6 cm³/mol. The van der Waals surface area contributed by atoms with Gasteiger partial charge in [0.25, 0.3) is 5.91 Å². The van der Waals surface area contributed by atoms with E-state index in [-0.39, 0.29) is 5.82 Å². The van der Waals surface area contributed by atoms with Crippen molar-refractivity contribution in [3.05, 3.63) is 74.9 Å². The van der Waals surface area contributed by atoms with E-state index in [2.05, 4.69) is 15.4 Å². The summed E-state index contributed by atoms with van der Waals surface area (Å²) in [5.41, 5.74) is 0.451. The number of nitrogens with one attached hydrogen (secondary N) is 2. The van der Waals surface area contributed by atoms with Crippen LogP contribution in [0, 0.1) is 0 Å². The first-order chi connectivity index (χ1) is 11.0. The molecule has 0 unspecified atom stereocenters. The van der Waals surface area contributed by atoms with Crippen molar-refractivity contribution in [2.24, 2.45) is 0 Å². The Labute approximate surface area is 140 Å². The van der Waals surface area contributed by atoms with Gasteiger partial charge in [0.1, 0.15) is 0 Å². The van der Waals surface area contributed by atoms with E-state index >= 15 is 0 Å². The highest BCUT2D eigenvalue weighted by Crippen LogP contribution is 2.22. The number of aromatic amines is 1. The lowest BCUT2D eigenvalue weighted by molar-refractivity contribution is 0.101. The van der Waals surface area contributed by atoms with Gasteiger partial charge < -0.3 is 5.32 Å². The number of hydrogen-bond acceptors (Lipinski definition) is 3. The average molecular weight is 349 g/mol. The molecule has 8 heteroatoms. The van der Waals surface area contributed by atoms with Gasteiger partial charge in [-0.15, -0.1) is 5.10 Å². The van der Waals surface area contributed by atoms with Gasteiger partial charge >= 0.3 is 5.69 Å². The van der Waals surface area contributed by atoms with Crippen molar-refractivity contribution < 1.29 is 4.79 Å². The molecule has 3 rings (SSSR count). The molecule has 1 aromatic heterocycles. The van der Waals surface area contributed by atoms with Gasteiger partial charge in [0.15, 0.2) is 0 Å². The molecule has 2 N–H and O–H groups in total. The second-order valence-corrected chi connectivity index (χ2v) is 5.51. The topological polar surface area (TPSA) is 79.8 Å². The van der Waals surface area contributed by atoms with Gasteiger partial charge in [-0.25, -0.2) is 4.79 Å². The second-order valence-electron chi connectivity index (χ2n) is 4.64. The fourth-order valence-electron chi connectivity index (χ4n) is 1.99. The maximum atomic E-state index is 12.2. The molecule has 0 bridgehead atoms. The molecule has 3 aromatic rings. The van der Waals surface area contributed by atoms with Gasteiger partial charge in [-0.1, -0.05) is 41.4 Å². The van der Waals surface area contributed by atoms with Crippen molar-refractivity contribution in [1.82, 2.24) is 14.8 Å². The minimum atomic E-state index is -0.574. The number of benzene rings is 2. The highest BCUT2D eigenvalue weighted by molar-refractivity contribution is 6.35. The van der Waals surface area contributed by atoms with E-state index in [1.807, 2.05) is 6.07 Å². The van der Waals surface area contributed by atoms with Crippen molar-refractivity contribution in [2.75, 3.05) is 5.32 Å².